The summed E-state index contributed by atoms with van der Waals surface area (Å²) in [5.41, 5.74) is 0. The number of likely N-dealkylation sites (tertiary alicyclic amines) is 1. The molecule has 1 saturated heterocycles. The van der Waals surface area contributed by atoms with E-state index in [0.717, 1.165) is 24.9 Å². The third-order valence-corrected chi connectivity index (χ3v) is 4.60. The third-order valence-electron chi connectivity index (χ3n) is 4.60. The number of carboxylic acid groups (broad SMARTS) is 1. The van der Waals surface area contributed by atoms with Crippen molar-refractivity contribution in [3.05, 3.63) is 0 Å². The number of carboxylic acids is 1. The molecule has 2 fully saturated rings. The molecule has 1 aliphatic heterocycles. The Kier molecular flexibility index (Phi) is 4.43. The Morgan fingerprint density at radius 3 is 2.76 bits per heavy atom. The summed E-state index contributed by atoms with van der Waals surface area (Å²) in [5.74, 6) is 0.817. The molecule has 1 N–H and O–H groups in total. The second-order valence-corrected chi connectivity index (χ2v) is 5.91. The SMILES string of the molecule is CC1CCCC1N1CCCC(CCC(=O)O)C1. The van der Waals surface area contributed by atoms with Crippen molar-refractivity contribution in [3.63, 3.8) is 0 Å². The van der Waals surface area contributed by atoms with Gasteiger partial charge in [0.1, 0.15) is 0 Å². The molecule has 0 spiro atoms. The van der Waals surface area contributed by atoms with Crippen LogP contribution in [-0.2, 0) is 4.79 Å². The molecule has 0 bridgehead atoms. The zero-order chi connectivity index (χ0) is 12.3. The Morgan fingerprint density at radius 2 is 2.12 bits per heavy atom. The highest BCUT2D eigenvalue weighted by molar-refractivity contribution is 5.66. The van der Waals surface area contributed by atoms with Gasteiger partial charge in [0, 0.05) is 19.0 Å². The average Bonchev–Trinajstić information content (AvgIpc) is 2.73. The molecular weight excluding hydrogens is 214 g/mol. The van der Waals surface area contributed by atoms with E-state index in [1.807, 2.05) is 0 Å². The Morgan fingerprint density at radius 1 is 1.29 bits per heavy atom. The summed E-state index contributed by atoms with van der Waals surface area (Å²) in [6, 6.07) is 0.780. The summed E-state index contributed by atoms with van der Waals surface area (Å²) < 4.78 is 0. The minimum absolute atomic E-state index is 0.346. The number of aliphatic carboxylic acids is 1. The molecule has 2 rings (SSSR count). The van der Waals surface area contributed by atoms with Gasteiger partial charge < -0.3 is 5.11 Å². The van der Waals surface area contributed by atoms with Crippen molar-refractivity contribution in [2.75, 3.05) is 13.1 Å². The maximum atomic E-state index is 10.6. The molecule has 98 valence electrons. The maximum Gasteiger partial charge on any atom is 0.303 e. The van der Waals surface area contributed by atoms with Crippen LogP contribution < -0.4 is 0 Å². The van der Waals surface area contributed by atoms with Crippen LogP contribution in [0, 0.1) is 11.8 Å². The minimum Gasteiger partial charge on any atom is -0.481 e. The smallest absolute Gasteiger partial charge is 0.303 e. The highest BCUT2D eigenvalue weighted by Crippen LogP contribution is 2.33. The average molecular weight is 239 g/mol. The number of carbonyl (C=O) groups is 1. The number of rotatable bonds is 4. The summed E-state index contributed by atoms with van der Waals surface area (Å²) in [6.45, 7) is 4.75. The Hall–Kier alpha value is -0.570. The van der Waals surface area contributed by atoms with E-state index in [-0.39, 0.29) is 0 Å². The van der Waals surface area contributed by atoms with E-state index in [4.69, 9.17) is 5.11 Å². The van der Waals surface area contributed by atoms with Gasteiger partial charge in [0.2, 0.25) is 0 Å². The summed E-state index contributed by atoms with van der Waals surface area (Å²) in [7, 11) is 0. The predicted octanol–water partition coefficient (Wildman–Crippen LogP) is 2.75. The highest BCUT2D eigenvalue weighted by Gasteiger charge is 2.32. The fourth-order valence-electron chi connectivity index (χ4n) is 3.63. The molecule has 0 aromatic carbocycles. The molecule has 3 atom stereocenters. The molecule has 17 heavy (non-hydrogen) atoms. The van der Waals surface area contributed by atoms with Crippen LogP contribution in [0.25, 0.3) is 0 Å². The van der Waals surface area contributed by atoms with Gasteiger partial charge in [0.25, 0.3) is 0 Å². The molecule has 1 heterocycles. The van der Waals surface area contributed by atoms with Gasteiger partial charge in [-0.25, -0.2) is 0 Å². The van der Waals surface area contributed by atoms with Gasteiger partial charge in [0.05, 0.1) is 0 Å². The van der Waals surface area contributed by atoms with E-state index >= 15 is 0 Å². The van der Waals surface area contributed by atoms with Gasteiger partial charge in [0.15, 0.2) is 0 Å². The Bertz CT molecular complexity index is 267. The summed E-state index contributed by atoms with van der Waals surface area (Å²) in [6.07, 6.45) is 7.81. The first-order chi connectivity index (χ1) is 8.16. The lowest BCUT2D eigenvalue weighted by Crippen LogP contribution is -2.43. The largest absolute Gasteiger partial charge is 0.481 e. The van der Waals surface area contributed by atoms with Crippen LogP contribution in [0.15, 0.2) is 0 Å². The van der Waals surface area contributed by atoms with Gasteiger partial charge in [-0.2, -0.15) is 0 Å². The lowest BCUT2D eigenvalue weighted by Gasteiger charge is -2.38. The Balaban J connectivity index is 1.82. The molecule has 2 aliphatic rings. The molecule has 3 heteroatoms. The first-order valence-electron chi connectivity index (χ1n) is 7.12. The molecule has 0 amide bonds. The lowest BCUT2D eigenvalue weighted by molar-refractivity contribution is -0.137. The molecule has 1 aliphatic carbocycles. The zero-order valence-corrected chi connectivity index (χ0v) is 10.9. The van der Waals surface area contributed by atoms with E-state index in [1.54, 1.807) is 0 Å². The van der Waals surface area contributed by atoms with E-state index in [9.17, 15) is 4.79 Å². The van der Waals surface area contributed by atoms with Gasteiger partial charge in [-0.05, 0) is 50.5 Å². The van der Waals surface area contributed by atoms with E-state index in [1.165, 1.54) is 38.6 Å². The first kappa shape index (κ1) is 12.9. The fourth-order valence-corrected chi connectivity index (χ4v) is 3.63. The van der Waals surface area contributed by atoms with Crippen molar-refractivity contribution >= 4 is 5.97 Å². The topological polar surface area (TPSA) is 40.5 Å². The van der Waals surface area contributed by atoms with Crippen molar-refractivity contribution in [2.45, 2.75) is 57.9 Å². The van der Waals surface area contributed by atoms with Crippen LogP contribution in [0.4, 0.5) is 0 Å². The van der Waals surface area contributed by atoms with Gasteiger partial charge >= 0.3 is 5.97 Å². The maximum absolute atomic E-state index is 10.6. The molecule has 3 nitrogen and oxygen atoms in total. The van der Waals surface area contributed by atoms with Crippen LogP contribution in [0.1, 0.15) is 51.9 Å². The van der Waals surface area contributed by atoms with Crippen LogP contribution in [0.3, 0.4) is 0 Å². The van der Waals surface area contributed by atoms with E-state index in [0.29, 0.717) is 12.3 Å². The molecule has 0 radical (unpaired) electrons. The number of hydrogen-bond acceptors (Lipinski definition) is 2. The number of hydrogen-bond donors (Lipinski definition) is 1. The van der Waals surface area contributed by atoms with Crippen molar-refractivity contribution < 1.29 is 9.90 Å². The fraction of sp³-hybridized carbons (Fsp3) is 0.929. The van der Waals surface area contributed by atoms with Crippen molar-refractivity contribution in [2.24, 2.45) is 11.8 Å². The summed E-state index contributed by atoms with van der Waals surface area (Å²) >= 11 is 0. The van der Waals surface area contributed by atoms with Crippen LogP contribution in [-0.4, -0.2) is 35.1 Å². The molecule has 0 aromatic heterocycles. The second-order valence-electron chi connectivity index (χ2n) is 5.91. The molecule has 3 unspecified atom stereocenters. The van der Waals surface area contributed by atoms with Crippen molar-refractivity contribution in [1.82, 2.24) is 4.90 Å². The summed E-state index contributed by atoms with van der Waals surface area (Å²) in [4.78, 5) is 13.3. The normalized spacial score (nSPS) is 35.0. The third kappa shape index (κ3) is 3.44. The lowest BCUT2D eigenvalue weighted by atomic mass is 9.91. The first-order valence-corrected chi connectivity index (χ1v) is 7.12. The van der Waals surface area contributed by atoms with Gasteiger partial charge in [-0.15, -0.1) is 0 Å². The van der Waals surface area contributed by atoms with E-state index < -0.39 is 5.97 Å². The second kappa shape index (κ2) is 5.85. The minimum atomic E-state index is -0.642. The van der Waals surface area contributed by atoms with Crippen LogP contribution in [0.5, 0.6) is 0 Å². The molecule has 1 saturated carbocycles. The zero-order valence-electron chi connectivity index (χ0n) is 10.9. The van der Waals surface area contributed by atoms with Crippen molar-refractivity contribution in [3.8, 4) is 0 Å². The van der Waals surface area contributed by atoms with Gasteiger partial charge in [-0.3, -0.25) is 9.69 Å². The molecule has 0 aromatic rings. The standard InChI is InChI=1S/C14H25NO2/c1-11-4-2-6-13(11)15-9-3-5-12(10-15)7-8-14(16)17/h11-13H,2-10H2,1H3,(H,16,17). The van der Waals surface area contributed by atoms with E-state index in [2.05, 4.69) is 11.8 Å². The highest BCUT2D eigenvalue weighted by atomic mass is 16.4. The summed E-state index contributed by atoms with van der Waals surface area (Å²) in [5, 5.41) is 8.75. The Labute approximate surface area is 104 Å². The number of piperidine rings is 1. The predicted molar refractivity (Wildman–Crippen MR) is 68.0 cm³/mol. The number of nitrogens with zero attached hydrogens (tertiary/aromatic N) is 1. The van der Waals surface area contributed by atoms with Crippen molar-refractivity contribution in [1.29, 1.82) is 0 Å². The van der Waals surface area contributed by atoms with Gasteiger partial charge in [-0.1, -0.05) is 13.3 Å². The van der Waals surface area contributed by atoms with Crippen LogP contribution in [0.2, 0.25) is 0 Å². The molecular formula is C14H25NO2. The quantitative estimate of drug-likeness (QED) is 0.820. The van der Waals surface area contributed by atoms with Crippen LogP contribution >= 0.6 is 0 Å². The monoisotopic (exact) mass is 239 g/mol.